The van der Waals surface area contributed by atoms with Crippen LogP contribution in [0.1, 0.15) is 59.9 Å². The maximum Gasteiger partial charge on any atom is 0.119 e. The summed E-state index contributed by atoms with van der Waals surface area (Å²) in [6.45, 7) is 13.3. The van der Waals surface area contributed by atoms with Crippen molar-refractivity contribution in [1.82, 2.24) is 5.32 Å². The van der Waals surface area contributed by atoms with Crippen LogP contribution in [0, 0.1) is 0 Å². The summed E-state index contributed by atoms with van der Waals surface area (Å²) in [4.78, 5) is 0. The SMILES string of the molecule is CC(C)(C)NC1CC(Oc2ccc(C(C)(C)C)cc2)C1. The molecule has 1 aromatic rings. The van der Waals surface area contributed by atoms with Gasteiger partial charge in [-0.25, -0.2) is 0 Å². The van der Waals surface area contributed by atoms with Gasteiger partial charge in [-0.3, -0.25) is 0 Å². The van der Waals surface area contributed by atoms with Crippen LogP contribution < -0.4 is 10.1 Å². The van der Waals surface area contributed by atoms with Crippen molar-refractivity contribution in [3.05, 3.63) is 29.8 Å². The molecule has 0 spiro atoms. The van der Waals surface area contributed by atoms with E-state index in [4.69, 9.17) is 4.74 Å². The average molecular weight is 275 g/mol. The van der Waals surface area contributed by atoms with Crippen LogP contribution in [0.15, 0.2) is 24.3 Å². The quantitative estimate of drug-likeness (QED) is 0.889. The van der Waals surface area contributed by atoms with Gasteiger partial charge >= 0.3 is 0 Å². The van der Waals surface area contributed by atoms with Gasteiger partial charge in [0.1, 0.15) is 11.9 Å². The zero-order valence-electron chi connectivity index (χ0n) is 13.8. The standard InChI is InChI=1S/C18H29NO/c1-17(2,3)13-7-9-15(10-8-13)20-16-11-14(12-16)19-18(4,5)6/h7-10,14,16,19H,11-12H2,1-6H3. The van der Waals surface area contributed by atoms with Crippen molar-refractivity contribution in [2.45, 2.75) is 77.5 Å². The lowest BCUT2D eigenvalue weighted by Crippen LogP contribution is -2.53. The van der Waals surface area contributed by atoms with Gasteiger partial charge in [0.05, 0.1) is 0 Å². The molecule has 0 aromatic heterocycles. The fourth-order valence-electron chi connectivity index (χ4n) is 2.62. The Morgan fingerprint density at radius 2 is 1.50 bits per heavy atom. The molecular formula is C18H29NO. The molecular weight excluding hydrogens is 246 g/mol. The van der Waals surface area contributed by atoms with Gasteiger partial charge in [-0.1, -0.05) is 32.9 Å². The molecule has 1 fully saturated rings. The lowest BCUT2D eigenvalue weighted by atomic mass is 9.86. The first-order valence-electron chi connectivity index (χ1n) is 7.68. The highest BCUT2D eigenvalue weighted by atomic mass is 16.5. The lowest BCUT2D eigenvalue weighted by Gasteiger charge is -2.40. The van der Waals surface area contributed by atoms with Crippen molar-refractivity contribution in [3.63, 3.8) is 0 Å². The van der Waals surface area contributed by atoms with E-state index in [0.717, 1.165) is 18.6 Å². The molecule has 1 aliphatic carbocycles. The van der Waals surface area contributed by atoms with E-state index in [9.17, 15) is 0 Å². The minimum absolute atomic E-state index is 0.198. The third-order valence-electron chi connectivity index (χ3n) is 3.76. The molecule has 112 valence electrons. The molecule has 0 radical (unpaired) electrons. The normalized spacial score (nSPS) is 23.3. The van der Waals surface area contributed by atoms with Gasteiger partial charge < -0.3 is 10.1 Å². The lowest BCUT2D eigenvalue weighted by molar-refractivity contribution is 0.0734. The Hall–Kier alpha value is -1.02. The first-order chi connectivity index (χ1) is 9.13. The summed E-state index contributed by atoms with van der Waals surface area (Å²) in [5.41, 5.74) is 1.76. The number of hydrogen-bond acceptors (Lipinski definition) is 2. The van der Waals surface area contributed by atoms with Crippen LogP contribution in [0.3, 0.4) is 0 Å². The fourth-order valence-corrected chi connectivity index (χ4v) is 2.62. The van der Waals surface area contributed by atoms with Crippen molar-refractivity contribution >= 4 is 0 Å². The van der Waals surface area contributed by atoms with Crippen LogP contribution in [0.25, 0.3) is 0 Å². The Morgan fingerprint density at radius 3 is 1.95 bits per heavy atom. The van der Waals surface area contributed by atoms with Crippen molar-refractivity contribution < 1.29 is 4.74 Å². The Bertz CT molecular complexity index is 430. The third kappa shape index (κ3) is 4.24. The van der Waals surface area contributed by atoms with Crippen LogP contribution in [0.4, 0.5) is 0 Å². The zero-order valence-corrected chi connectivity index (χ0v) is 13.8. The van der Waals surface area contributed by atoms with Crippen LogP contribution >= 0.6 is 0 Å². The van der Waals surface area contributed by atoms with E-state index < -0.39 is 0 Å². The number of rotatable bonds is 3. The minimum atomic E-state index is 0.198. The molecule has 2 nitrogen and oxygen atoms in total. The van der Waals surface area contributed by atoms with Crippen LogP contribution in [0.2, 0.25) is 0 Å². The van der Waals surface area contributed by atoms with Gasteiger partial charge in [0, 0.05) is 11.6 Å². The van der Waals surface area contributed by atoms with Gasteiger partial charge in [-0.2, -0.15) is 0 Å². The zero-order chi connectivity index (χ0) is 15.0. The van der Waals surface area contributed by atoms with Gasteiger partial charge in [0.15, 0.2) is 0 Å². The third-order valence-corrected chi connectivity index (χ3v) is 3.76. The van der Waals surface area contributed by atoms with E-state index >= 15 is 0 Å². The number of ether oxygens (including phenoxy) is 1. The molecule has 1 aromatic carbocycles. The second-order valence-electron chi connectivity index (χ2n) is 8.08. The van der Waals surface area contributed by atoms with E-state index in [-0.39, 0.29) is 11.0 Å². The fraction of sp³-hybridized carbons (Fsp3) is 0.667. The number of benzene rings is 1. The molecule has 0 atom stereocenters. The molecule has 0 amide bonds. The summed E-state index contributed by atoms with van der Waals surface area (Å²) in [7, 11) is 0. The highest BCUT2D eigenvalue weighted by Gasteiger charge is 2.33. The van der Waals surface area contributed by atoms with Crippen molar-refractivity contribution in [2.24, 2.45) is 0 Å². The summed E-state index contributed by atoms with van der Waals surface area (Å²) in [5.74, 6) is 0.997. The second-order valence-corrected chi connectivity index (χ2v) is 8.08. The van der Waals surface area contributed by atoms with E-state index in [1.54, 1.807) is 0 Å². The molecule has 0 heterocycles. The van der Waals surface area contributed by atoms with Crippen molar-refractivity contribution in [3.8, 4) is 5.75 Å². The first-order valence-corrected chi connectivity index (χ1v) is 7.68. The summed E-state index contributed by atoms with van der Waals surface area (Å²) in [5, 5.41) is 3.62. The van der Waals surface area contributed by atoms with E-state index in [1.807, 2.05) is 0 Å². The molecule has 2 rings (SSSR count). The van der Waals surface area contributed by atoms with Crippen molar-refractivity contribution in [2.75, 3.05) is 0 Å². The Balaban J connectivity index is 1.82. The Kier molecular flexibility index (Phi) is 4.15. The predicted molar refractivity (Wildman–Crippen MR) is 85.5 cm³/mol. The maximum atomic E-state index is 6.02. The smallest absolute Gasteiger partial charge is 0.119 e. The maximum absolute atomic E-state index is 6.02. The molecule has 20 heavy (non-hydrogen) atoms. The van der Waals surface area contributed by atoms with E-state index in [1.165, 1.54) is 5.56 Å². The highest BCUT2D eigenvalue weighted by Crippen LogP contribution is 2.29. The Labute approximate surface area is 123 Å². The second kappa shape index (κ2) is 5.40. The predicted octanol–water partition coefficient (Wildman–Crippen LogP) is 4.28. The highest BCUT2D eigenvalue weighted by molar-refractivity contribution is 5.31. The van der Waals surface area contributed by atoms with Gasteiger partial charge in [-0.15, -0.1) is 0 Å². The first kappa shape index (κ1) is 15.4. The summed E-state index contributed by atoms with van der Waals surface area (Å²) in [6, 6.07) is 9.17. The van der Waals surface area contributed by atoms with Gasteiger partial charge in [0.2, 0.25) is 0 Å². The van der Waals surface area contributed by atoms with E-state index in [2.05, 4.69) is 71.1 Å². The van der Waals surface area contributed by atoms with Crippen LogP contribution in [-0.2, 0) is 5.41 Å². The molecule has 0 unspecified atom stereocenters. The topological polar surface area (TPSA) is 21.3 Å². The molecule has 1 aliphatic rings. The van der Waals surface area contributed by atoms with Gasteiger partial charge in [-0.05, 0) is 56.7 Å². The molecule has 2 heteroatoms. The number of hydrogen-bond donors (Lipinski definition) is 1. The summed E-state index contributed by atoms with van der Waals surface area (Å²) in [6.07, 6.45) is 2.59. The summed E-state index contributed by atoms with van der Waals surface area (Å²) < 4.78 is 6.02. The molecule has 0 bridgehead atoms. The number of nitrogens with one attached hydrogen (secondary N) is 1. The molecule has 1 N–H and O–H groups in total. The molecule has 1 saturated carbocycles. The molecule has 0 aliphatic heterocycles. The van der Waals surface area contributed by atoms with Crippen LogP contribution in [-0.4, -0.2) is 17.7 Å². The summed E-state index contributed by atoms with van der Waals surface area (Å²) >= 11 is 0. The monoisotopic (exact) mass is 275 g/mol. The largest absolute Gasteiger partial charge is 0.490 e. The van der Waals surface area contributed by atoms with Crippen LogP contribution in [0.5, 0.6) is 5.75 Å². The van der Waals surface area contributed by atoms with Gasteiger partial charge in [0.25, 0.3) is 0 Å². The molecule has 0 saturated heterocycles. The minimum Gasteiger partial charge on any atom is -0.490 e. The Morgan fingerprint density at radius 1 is 0.950 bits per heavy atom. The van der Waals surface area contributed by atoms with Crippen molar-refractivity contribution in [1.29, 1.82) is 0 Å². The average Bonchev–Trinajstić information content (AvgIpc) is 2.24. The van der Waals surface area contributed by atoms with E-state index in [0.29, 0.717) is 12.1 Å².